The highest BCUT2D eigenvalue weighted by Crippen LogP contribution is 2.40. The molecule has 0 unspecified atom stereocenters. The summed E-state index contributed by atoms with van der Waals surface area (Å²) in [4.78, 5) is 26.0. The van der Waals surface area contributed by atoms with E-state index < -0.39 is 48.3 Å². The van der Waals surface area contributed by atoms with E-state index in [1.807, 2.05) is 0 Å². The van der Waals surface area contributed by atoms with Gasteiger partial charge in [0.2, 0.25) is 0 Å². The third-order valence-corrected chi connectivity index (χ3v) is 7.66. The summed E-state index contributed by atoms with van der Waals surface area (Å²) in [5.74, 6) is -2.03. The van der Waals surface area contributed by atoms with Crippen LogP contribution in [-0.2, 0) is 11.0 Å². The summed E-state index contributed by atoms with van der Waals surface area (Å²) in [6.07, 6.45) is -5.54. The Kier molecular flexibility index (Phi) is 12.6. The maximum absolute atomic E-state index is 13.8. The number of carboxylic acid groups (broad SMARTS) is 1. The van der Waals surface area contributed by atoms with Crippen LogP contribution in [0.4, 0.5) is 26.3 Å². The maximum atomic E-state index is 13.8. The van der Waals surface area contributed by atoms with Gasteiger partial charge in [0.05, 0.1) is 23.7 Å². The molecule has 1 saturated carbocycles. The molecule has 2 fully saturated rings. The summed E-state index contributed by atoms with van der Waals surface area (Å²) >= 11 is 0. The Bertz CT molecular complexity index is 1200. The number of benzene rings is 1. The van der Waals surface area contributed by atoms with Crippen LogP contribution in [0.3, 0.4) is 0 Å². The number of amides is 1. The highest BCUT2D eigenvalue weighted by Gasteiger charge is 2.44. The predicted octanol–water partition coefficient (Wildman–Crippen LogP) is 6.60. The minimum atomic E-state index is -4.64. The number of alkyl halides is 6. The van der Waals surface area contributed by atoms with Crippen molar-refractivity contribution in [3.8, 4) is 11.3 Å². The molecule has 0 spiro atoms. The zero-order valence-corrected chi connectivity index (χ0v) is 24.5. The summed E-state index contributed by atoms with van der Waals surface area (Å²) in [6, 6.07) is 3.46. The molecule has 1 aliphatic carbocycles. The van der Waals surface area contributed by atoms with E-state index in [4.69, 9.17) is 0 Å². The molecule has 2 N–H and O–H groups in total. The number of piperidine rings is 1. The number of carbonyl (C=O) groups excluding carboxylic acids is 1. The van der Waals surface area contributed by atoms with Crippen molar-refractivity contribution in [2.75, 3.05) is 13.1 Å². The molecule has 15 heteroatoms. The molecule has 1 amide bonds. The number of likely N-dealkylation sites (tertiary alicyclic amines) is 1. The average Bonchev–Trinajstić information content (AvgIpc) is 3.56. The number of hydrogen-bond acceptors (Lipinski definition) is 4. The van der Waals surface area contributed by atoms with Gasteiger partial charge in [-0.3, -0.25) is 19.2 Å². The van der Waals surface area contributed by atoms with Crippen molar-refractivity contribution in [2.24, 2.45) is 0 Å². The fraction of sp³-hybridized carbons (Fsp3) is 0.593. The Morgan fingerprint density at radius 1 is 1.02 bits per heavy atom. The quantitative estimate of drug-likeness (QED) is 0.301. The smallest absolute Gasteiger partial charge is 0.417 e. The van der Waals surface area contributed by atoms with Gasteiger partial charge in [-0.15, -0.1) is 12.4 Å². The van der Waals surface area contributed by atoms with E-state index >= 15 is 0 Å². The number of rotatable bonds is 9. The van der Waals surface area contributed by atoms with Crippen LogP contribution in [0.1, 0.15) is 79.9 Å². The summed E-state index contributed by atoms with van der Waals surface area (Å²) in [7, 11) is 0. The van der Waals surface area contributed by atoms with Gasteiger partial charge in [-0.25, -0.2) is 0 Å². The Morgan fingerprint density at radius 2 is 1.67 bits per heavy atom. The van der Waals surface area contributed by atoms with Gasteiger partial charge in [-0.05, 0) is 50.8 Å². The minimum Gasteiger partial charge on any atom is -0.481 e. The number of nitrogens with one attached hydrogen (secondary N) is 1. The second kappa shape index (κ2) is 14.8. The lowest BCUT2D eigenvalue weighted by Gasteiger charge is -2.37. The number of carbonyl (C=O) groups is 2. The van der Waals surface area contributed by atoms with E-state index in [1.165, 1.54) is 33.8 Å². The van der Waals surface area contributed by atoms with Crippen molar-refractivity contribution in [1.29, 1.82) is 0 Å². The van der Waals surface area contributed by atoms with Crippen LogP contribution in [0.15, 0.2) is 30.3 Å². The van der Waals surface area contributed by atoms with E-state index in [2.05, 4.69) is 10.4 Å². The van der Waals surface area contributed by atoms with Gasteiger partial charge in [-0.1, -0.05) is 37.5 Å². The normalized spacial score (nSPS) is 19.0. The average molecular weight is 645 g/mol. The largest absolute Gasteiger partial charge is 0.481 e. The molecule has 236 valence electrons. The molecule has 2 aromatic rings. The minimum absolute atomic E-state index is 0. The van der Waals surface area contributed by atoms with Crippen molar-refractivity contribution < 1.29 is 41.0 Å². The molecule has 2 aliphatic rings. The van der Waals surface area contributed by atoms with E-state index in [0.29, 0.717) is 25.7 Å². The van der Waals surface area contributed by atoms with E-state index in [0.717, 1.165) is 18.9 Å². The molecule has 0 radical (unpaired) electrons. The Hall–Kier alpha value is -2.45. The van der Waals surface area contributed by atoms with Crippen LogP contribution in [-0.4, -0.2) is 63.0 Å². The predicted molar refractivity (Wildman–Crippen MR) is 151 cm³/mol. The number of nitrogens with zero attached hydrogens (tertiary/aromatic N) is 3. The van der Waals surface area contributed by atoms with E-state index in [1.54, 1.807) is 0 Å². The number of hydrogen-bond donors (Lipinski definition) is 2. The van der Waals surface area contributed by atoms with E-state index in [9.17, 15) is 41.0 Å². The van der Waals surface area contributed by atoms with Crippen molar-refractivity contribution in [3.05, 3.63) is 41.6 Å². The highest BCUT2D eigenvalue weighted by molar-refractivity contribution is 7.59. The lowest BCUT2D eigenvalue weighted by atomic mass is 10.00. The lowest BCUT2D eigenvalue weighted by molar-refractivity contribution is -0.191. The Morgan fingerprint density at radius 3 is 2.29 bits per heavy atom. The Labute approximate surface area is 252 Å². The first-order valence-corrected chi connectivity index (χ1v) is 13.4. The van der Waals surface area contributed by atoms with Gasteiger partial charge >= 0.3 is 18.3 Å². The molecule has 1 aromatic heterocycles. The highest BCUT2D eigenvalue weighted by atomic mass is 35.5. The van der Waals surface area contributed by atoms with Crippen molar-refractivity contribution in [2.45, 2.75) is 88.3 Å². The first-order chi connectivity index (χ1) is 18.8. The van der Waals surface area contributed by atoms with Gasteiger partial charge in [0.15, 0.2) is 5.69 Å². The van der Waals surface area contributed by atoms with Gasteiger partial charge in [0.25, 0.3) is 5.91 Å². The van der Waals surface area contributed by atoms with E-state index in [-0.39, 0.29) is 74.8 Å². The standard InChI is InChI=1S/C27H32F6N4O3.ClH.H2S/c28-26(29,30)20-10-4-3-9-19(20)22-16-21(35-37(22)18-7-1-2-8-18)25(40)34-17(15-24(38)39)12-14-36-13-6-5-11-23(36)27(31,32)33;;/h3-4,9-10,16-18,23H,1-2,5-8,11-15H2,(H,34,40)(H,38,39);1H;1H2/t17-,23-;;/m0../s1. The van der Waals surface area contributed by atoms with Crippen LogP contribution >= 0.6 is 25.9 Å². The fourth-order valence-corrected chi connectivity index (χ4v) is 5.73. The lowest BCUT2D eigenvalue weighted by Crippen LogP contribution is -2.50. The van der Waals surface area contributed by atoms with Crippen molar-refractivity contribution in [1.82, 2.24) is 20.0 Å². The second-order valence-electron chi connectivity index (χ2n) is 10.5. The maximum Gasteiger partial charge on any atom is 0.417 e. The molecule has 1 aromatic carbocycles. The molecule has 2 atom stereocenters. The third kappa shape index (κ3) is 8.79. The topological polar surface area (TPSA) is 87.5 Å². The SMILES string of the molecule is Cl.O=C(O)C[C@H](CCN1CCCC[C@H]1C(F)(F)F)NC(=O)c1cc(-c2ccccc2C(F)(F)F)n(C2CCCC2)n1.S. The van der Waals surface area contributed by atoms with Crippen LogP contribution in [0, 0.1) is 0 Å². The summed E-state index contributed by atoms with van der Waals surface area (Å²) in [6.45, 7) is 0.148. The molecule has 42 heavy (non-hydrogen) atoms. The fourth-order valence-electron chi connectivity index (χ4n) is 5.73. The number of aromatic nitrogens is 2. The number of halogens is 7. The third-order valence-electron chi connectivity index (χ3n) is 7.66. The number of aliphatic carboxylic acids is 1. The molecule has 0 bridgehead atoms. The first-order valence-electron chi connectivity index (χ1n) is 13.4. The van der Waals surface area contributed by atoms with Crippen molar-refractivity contribution >= 4 is 37.8 Å². The van der Waals surface area contributed by atoms with Gasteiger partial charge in [-0.2, -0.15) is 44.9 Å². The van der Waals surface area contributed by atoms with Gasteiger partial charge in [0, 0.05) is 18.2 Å². The zero-order chi connectivity index (χ0) is 29.1. The number of carboxylic acids is 1. The zero-order valence-electron chi connectivity index (χ0n) is 22.7. The molecule has 1 aliphatic heterocycles. The van der Waals surface area contributed by atoms with Crippen LogP contribution in [0.25, 0.3) is 11.3 Å². The molecule has 7 nitrogen and oxygen atoms in total. The molecule has 4 rings (SSSR count). The van der Waals surface area contributed by atoms with Crippen molar-refractivity contribution in [3.63, 3.8) is 0 Å². The molecular weight excluding hydrogens is 610 g/mol. The van der Waals surface area contributed by atoms with Crippen LogP contribution in [0.2, 0.25) is 0 Å². The monoisotopic (exact) mass is 644 g/mol. The van der Waals surface area contributed by atoms with Crippen LogP contribution < -0.4 is 5.32 Å². The summed E-state index contributed by atoms with van der Waals surface area (Å²) in [5.41, 5.74) is -1.05. The van der Waals surface area contributed by atoms with Gasteiger partial charge < -0.3 is 10.4 Å². The second-order valence-corrected chi connectivity index (χ2v) is 10.5. The summed E-state index contributed by atoms with van der Waals surface area (Å²) < 4.78 is 83.3. The summed E-state index contributed by atoms with van der Waals surface area (Å²) in [5, 5.41) is 16.3. The van der Waals surface area contributed by atoms with Gasteiger partial charge in [0.1, 0.15) is 6.04 Å². The van der Waals surface area contributed by atoms with Crippen LogP contribution in [0.5, 0.6) is 0 Å². The molecule has 1 saturated heterocycles. The molecular formula is C27H35ClF6N4O3S. The molecule has 2 heterocycles. The Balaban J connectivity index is 0.00000308. The first kappa shape index (κ1) is 35.7.